The summed E-state index contributed by atoms with van der Waals surface area (Å²) in [5, 5.41) is 10.6. The Hall–Kier alpha value is -2.80. The molecule has 30 heavy (non-hydrogen) atoms. The van der Waals surface area contributed by atoms with Gasteiger partial charge in [-0.1, -0.05) is 13.0 Å². The van der Waals surface area contributed by atoms with Crippen molar-refractivity contribution in [1.82, 2.24) is 4.90 Å². The summed E-state index contributed by atoms with van der Waals surface area (Å²) in [6, 6.07) is 8.57. The Morgan fingerprint density at radius 3 is 2.47 bits per heavy atom. The van der Waals surface area contributed by atoms with E-state index in [2.05, 4.69) is 0 Å². The highest BCUT2D eigenvalue weighted by Gasteiger charge is 2.36. The molecule has 0 aliphatic carbocycles. The lowest BCUT2D eigenvalue weighted by molar-refractivity contribution is -0.136. The topological polar surface area (TPSA) is 83.2 Å². The van der Waals surface area contributed by atoms with Crippen LogP contribution in [0.2, 0.25) is 0 Å². The van der Waals surface area contributed by atoms with Crippen LogP contribution < -0.4 is 9.64 Å². The highest BCUT2D eigenvalue weighted by molar-refractivity contribution is 6.04. The predicted molar refractivity (Wildman–Crippen MR) is 113 cm³/mol. The van der Waals surface area contributed by atoms with Gasteiger partial charge in [-0.3, -0.25) is 14.5 Å². The lowest BCUT2D eigenvalue weighted by Crippen LogP contribution is -2.52. The van der Waals surface area contributed by atoms with Crippen molar-refractivity contribution in [2.24, 2.45) is 0 Å². The summed E-state index contributed by atoms with van der Waals surface area (Å²) in [6.45, 7) is 9.62. The minimum atomic E-state index is -0.982. The molecule has 0 fully saturated rings. The number of carbonyl (C=O) groups is 2. The largest absolute Gasteiger partial charge is 0.478 e. The summed E-state index contributed by atoms with van der Waals surface area (Å²) in [5.74, 6) is 0.534. The van der Waals surface area contributed by atoms with Gasteiger partial charge < -0.3 is 19.2 Å². The maximum atomic E-state index is 13.1. The number of hydrogen-bond acceptors (Lipinski definition) is 5. The van der Waals surface area contributed by atoms with Crippen molar-refractivity contribution in [2.45, 2.75) is 65.3 Å². The van der Waals surface area contributed by atoms with Gasteiger partial charge in [-0.05, 0) is 63.9 Å². The van der Waals surface area contributed by atoms with Crippen molar-refractivity contribution < 1.29 is 23.8 Å². The molecule has 1 N–H and O–H groups in total. The SMILES string of the molecule is CCC1Oc2ccc(C(O)c3ccco3)cc2N(CC(=O)N(C(C)C)C(C)C)C1=O. The second kappa shape index (κ2) is 8.92. The third kappa shape index (κ3) is 4.21. The van der Waals surface area contributed by atoms with E-state index in [1.807, 2.05) is 34.6 Å². The van der Waals surface area contributed by atoms with Crippen molar-refractivity contribution in [3.63, 3.8) is 0 Å². The molecule has 3 rings (SSSR count). The molecule has 0 spiro atoms. The molecule has 2 atom stereocenters. The van der Waals surface area contributed by atoms with Crippen LogP contribution in [0.3, 0.4) is 0 Å². The van der Waals surface area contributed by atoms with E-state index in [1.165, 1.54) is 11.2 Å². The molecule has 0 bridgehead atoms. The molecule has 1 aromatic heterocycles. The maximum absolute atomic E-state index is 13.1. The molecule has 162 valence electrons. The van der Waals surface area contributed by atoms with Crippen LogP contribution in [-0.2, 0) is 9.59 Å². The zero-order chi connectivity index (χ0) is 22.0. The first-order chi connectivity index (χ1) is 14.2. The molecule has 0 saturated carbocycles. The van der Waals surface area contributed by atoms with Crippen molar-refractivity contribution in [3.05, 3.63) is 47.9 Å². The van der Waals surface area contributed by atoms with Crippen LogP contribution >= 0.6 is 0 Å². The van der Waals surface area contributed by atoms with E-state index in [-0.39, 0.29) is 30.4 Å². The van der Waals surface area contributed by atoms with E-state index in [4.69, 9.17) is 9.15 Å². The van der Waals surface area contributed by atoms with E-state index < -0.39 is 12.2 Å². The Labute approximate surface area is 177 Å². The molecule has 7 nitrogen and oxygen atoms in total. The minimum absolute atomic E-state index is 0.0159. The number of anilines is 1. The van der Waals surface area contributed by atoms with Gasteiger partial charge in [0.2, 0.25) is 5.91 Å². The average molecular weight is 415 g/mol. The van der Waals surface area contributed by atoms with Gasteiger partial charge >= 0.3 is 0 Å². The van der Waals surface area contributed by atoms with Crippen molar-refractivity contribution in [1.29, 1.82) is 0 Å². The maximum Gasteiger partial charge on any atom is 0.268 e. The van der Waals surface area contributed by atoms with Crippen LogP contribution in [0.5, 0.6) is 5.75 Å². The Balaban J connectivity index is 1.97. The van der Waals surface area contributed by atoms with Gasteiger partial charge in [-0.25, -0.2) is 0 Å². The number of aliphatic hydroxyl groups is 1. The summed E-state index contributed by atoms with van der Waals surface area (Å²) in [4.78, 5) is 29.4. The number of hydrogen-bond donors (Lipinski definition) is 1. The summed E-state index contributed by atoms with van der Waals surface area (Å²) in [7, 11) is 0. The number of rotatable bonds is 7. The Morgan fingerprint density at radius 1 is 1.20 bits per heavy atom. The van der Waals surface area contributed by atoms with Crippen LogP contribution in [-0.4, -0.2) is 46.6 Å². The zero-order valence-electron chi connectivity index (χ0n) is 18.2. The molecule has 0 saturated heterocycles. The van der Waals surface area contributed by atoms with Gasteiger partial charge in [0.15, 0.2) is 6.10 Å². The highest BCUT2D eigenvalue weighted by Crippen LogP contribution is 2.38. The summed E-state index contributed by atoms with van der Waals surface area (Å²) in [6.07, 6.45) is 0.368. The Kier molecular flexibility index (Phi) is 6.51. The number of ether oxygens (including phenoxy) is 1. The van der Waals surface area contributed by atoms with E-state index in [0.29, 0.717) is 29.2 Å². The summed E-state index contributed by atoms with van der Waals surface area (Å²) >= 11 is 0. The number of amides is 2. The van der Waals surface area contributed by atoms with Gasteiger partial charge in [-0.15, -0.1) is 0 Å². The van der Waals surface area contributed by atoms with E-state index in [0.717, 1.165) is 0 Å². The number of fused-ring (bicyclic) bond motifs is 1. The predicted octanol–water partition coefficient (Wildman–Crippen LogP) is 3.51. The van der Waals surface area contributed by atoms with Gasteiger partial charge in [0.1, 0.15) is 24.2 Å². The molecule has 7 heteroatoms. The number of benzene rings is 1. The number of aliphatic hydroxyl groups excluding tert-OH is 1. The molecular formula is C23H30N2O5. The second-order valence-electron chi connectivity index (χ2n) is 8.07. The fourth-order valence-corrected chi connectivity index (χ4v) is 3.93. The van der Waals surface area contributed by atoms with E-state index in [1.54, 1.807) is 35.2 Å². The van der Waals surface area contributed by atoms with Crippen molar-refractivity contribution in [3.8, 4) is 5.75 Å². The molecule has 2 unspecified atom stereocenters. The van der Waals surface area contributed by atoms with Crippen molar-refractivity contribution >= 4 is 17.5 Å². The van der Waals surface area contributed by atoms with E-state index >= 15 is 0 Å². The van der Waals surface area contributed by atoms with Gasteiger partial charge in [0.05, 0.1) is 12.0 Å². The van der Waals surface area contributed by atoms with Gasteiger partial charge in [-0.2, -0.15) is 0 Å². The van der Waals surface area contributed by atoms with Gasteiger partial charge in [0, 0.05) is 12.1 Å². The minimum Gasteiger partial charge on any atom is -0.478 e. The first kappa shape index (κ1) is 21.9. The molecule has 1 aromatic carbocycles. The first-order valence-electron chi connectivity index (χ1n) is 10.4. The highest BCUT2D eigenvalue weighted by atomic mass is 16.5. The molecular weight excluding hydrogens is 384 g/mol. The van der Waals surface area contributed by atoms with Crippen LogP contribution in [0.25, 0.3) is 0 Å². The van der Waals surface area contributed by atoms with Crippen LogP contribution in [0, 0.1) is 0 Å². The molecule has 0 radical (unpaired) electrons. The lowest BCUT2D eigenvalue weighted by atomic mass is 10.0. The zero-order valence-corrected chi connectivity index (χ0v) is 18.2. The summed E-state index contributed by atoms with van der Waals surface area (Å²) < 4.78 is 11.2. The third-order valence-electron chi connectivity index (χ3n) is 5.28. The van der Waals surface area contributed by atoms with Gasteiger partial charge in [0.25, 0.3) is 5.91 Å². The smallest absolute Gasteiger partial charge is 0.268 e. The first-order valence-corrected chi connectivity index (χ1v) is 10.4. The lowest BCUT2D eigenvalue weighted by Gasteiger charge is -2.37. The quantitative estimate of drug-likeness (QED) is 0.750. The van der Waals surface area contributed by atoms with E-state index in [9.17, 15) is 14.7 Å². The molecule has 2 amide bonds. The van der Waals surface area contributed by atoms with Crippen LogP contribution in [0.1, 0.15) is 58.5 Å². The Morgan fingerprint density at radius 2 is 1.90 bits per heavy atom. The fraction of sp³-hybridized carbons (Fsp3) is 0.478. The molecule has 1 aliphatic rings. The average Bonchev–Trinajstić information content (AvgIpc) is 3.23. The summed E-state index contributed by atoms with van der Waals surface area (Å²) in [5.41, 5.74) is 1.03. The van der Waals surface area contributed by atoms with Crippen LogP contribution in [0.15, 0.2) is 41.0 Å². The number of carbonyl (C=O) groups excluding carboxylic acids is 2. The van der Waals surface area contributed by atoms with Crippen molar-refractivity contribution in [2.75, 3.05) is 11.4 Å². The molecule has 2 aromatic rings. The number of furan rings is 1. The second-order valence-corrected chi connectivity index (χ2v) is 8.07. The normalized spacial score (nSPS) is 17.1. The Bertz CT molecular complexity index is 883. The molecule has 2 heterocycles. The van der Waals surface area contributed by atoms with Crippen LogP contribution in [0.4, 0.5) is 5.69 Å². The fourth-order valence-electron chi connectivity index (χ4n) is 3.93. The number of nitrogens with zero attached hydrogens (tertiary/aromatic N) is 2. The monoisotopic (exact) mass is 414 g/mol. The standard InChI is InChI=1S/C23H30N2O5/c1-6-18-23(28)24(13-21(26)25(14(2)3)15(4)5)17-12-16(9-10-19(17)30-18)22(27)20-8-7-11-29-20/h7-12,14-15,18,22,27H,6,13H2,1-5H3. The molecule has 1 aliphatic heterocycles. The third-order valence-corrected chi connectivity index (χ3v) is 5.28.